The average Bonchev–Trinajstić information content (AvgIpc) is 2.39. The highest BCUT2D eigenvalue weighted by atomic mass is 79.9. The van der Waals surface area contributed by atoms with E-state index in [1.54, 1.807) is 0 Å². The molecule has 1 aliphatic heterocycles. The molecule has 0 saturated carbocycles. The van der Waals surface area contributed by atoms with E-state index in [1.807, 2.05) is 7.11 Å². The smallest absolute Gasteiger partial charge is 0.0527 e. The highest BCUT2D eigenvalue weighted by molar-refractivity contribution is 9.10. The molecular weight excluding hydrogens is 302 g/mol. The first-order valence-corrected chi connectivity index (χ1v) is 7.84. The Morgan fingerprint density at radius 1 is 1.47 bits per heavy atom. The fourth-order valence-electron chi connectivity index (χ4n) is 3.42. The Morgan fingerprint density at radius 3 is 2.89 bits per heavy atom. The molecule has 1 fully saturated rings. The zero-order valence-electron chi connectivity index (χ0n) is 12.1. The minimum atomic E-state index is 0.237. The van der Waals surface area contributed by atoms with Crippen molar-refractivity contribution in [2.75, 3.05) is 26.8 Å². The average molecular weight is 326 g/mol. The molecule has 3 heteroatoms. The first-order chi connectivity index (χ1) is 9.10. The molecule has 106 valence electrons. The van der Waals surface area contributed by atoms with Crippen molar-refractivity contribution in [2.24, 2.45) is 11.3 Å². The Bertz CT molecular complexity index is 417. The van der Waals surface area contributed by atoms with E-state index in [1.165, 1.54) is 12.0 Å². The van der Waals surface area contributed by atoms with E-state index >= 15 is 0 Å². The fraction of sp³-hybridized carbons (Fsp3) is 0.625. The number of ether oxygens (including phenoxy) is 1. The van der Waals surface area contributed by atoms with Crippen LogP contribution in [0, 0.1) is 11.3 Å². The van der Waals surface area contributed by atoms with Crippen LogP contribution in [0.3, 0.4) is 0 Å². The van der Waals surface area contributed by atoms with Gasteiger partial charge < -0.3 is 10.1 Å². The Kier molecular flexibility index (Phi) is 5.04. The summed E-state index contributed by atoms with van der Waals surface area (Å²) in [5.74, 6) is 1.12. The topological polar surface area (TPSA) is 21.3 Å². The van der Waals surface area contributed by atoms with Crippen LogP contribution in [0.2, 0.25) is 0 Å². The van der Waals surface area contributed by atoms with Crippen LogP contribution in [-0.4, -0.2) is 26.8 Å². The second kappa shape index (κ2) is 6.38. The van der Waals surface area contributed by atoms with Crippen molar-refractivity contribution in [3.8, 4) is 0 Å². The largest absolute Gasteiger partial charge is 0.384 e. The van der Waals surface area contributed by atoms with Crippen molar-refractivity contribution < 1.29 is 4.74 Å². The predicted octanol–water partition coefficient (Wildman–Crippen LogP) is 3.81. The molecule has 0 aromatic heterocycles. The fourth-order valence-corrected chi connectivity index (χ4v) is 3.83. The van der Waals surface area contributed by atoms with Gasteiger partial charge in [-0.15, -0.1) is 0 Å². The van der Waals surface area contributed by atoms with Crippen LogP contribution in [0.5, 0.6) is 0 Å². The number of nitrogens with one attached hydrogen (secondary N) is 1. The van der Waals surface area contributed by atoms with Gasteiger partial charge >= 0.3 is 0 Å². The SMILES string of the molecule is COCC1(C(C)C)CCNCC1c1cccc(Br)c1. The molecule has 2 unspecified atom stereocenters. The van der Waals surface area contributed by atoms with Gasteiger partial charge in [0, 0.05) is 29.5 Å². The zero-order chi connectivity index (χ0) is 13.9. The van der Waals surface area contributed by atoms with Gasteiger partial charge in [0.05, 0.1) is 6.61 Å². The van der Waals surface area contributed by atoms with Gasteiger partial charge in [0.25, 0.3) is 0 Å². The third kappa shape index (κ3) is 3.04. The van der Waals surface area contributed by atoms with E-state index in [9.17, 15) is 0 Å². The summed E-state index contributed by atoms with van der Waals surface area (Å²) in [4.78, 5) is 0. The van der Waals surface area contributed by atoms with Crippen molar-refractivity contribution in [3.05, 3.63) is 34.3 Å². The highest BCUT2D eigenvalue weighted by Crippen LogP contribution is 2.47. The maximum Gasteiger partial charge on any atom is 0.0527 e. The summed E-state index contributed by atoms with van der Waals surface area (Å²) in [5, 5.41) is 3.55. The van der Waals surface area contributed by atoms with Crippen LogP contribution in [0.1, 0.15) is 31.7 Å². The first kappa shape index (κ1) is 15.0. The van der Waals surface area contributed by atoms with E-state index in [0.717, 1.165) is 24.2 Å². The minimum Gasteiger partial charge on any atom is -0.384 e. The zero-order valence-corrected chi connectivity index (χ0v) is 13.7. The van der Waals surface area contributed by atoms with Crippen LogP contribution < -0.4 is 5.32 Å². The minimum absolute atomic E-state index is 0.237. The van der Waals surface area contributed by atoms with Crippen LogP contribution in [0.15, 0.2) is 28.7 Å². The molecular formula is C16H24BrNO. The van der Waals surface area contributed by atoms with Gasteiger partial charge in [-0.25, -0.2) is 0 Å². The number of rotatable bonds is 4. The number of benzene rings is 1. The van der Waals surface area contributed by atoms with Crippen LogP contribution in [0.25, 0.3) is 0 Å². The van der Waals surface area contributed by atoms with E-state index in [0.29, 0.717) is 11.8 Å². The molecule has 2 rings (SSSR count). The Labute approximate surface area is 125 Å². The summed E-state index contributed by atoms with van der Waals surface area (Å²) in [6.45, 7) is 7.62. The maximum atomic E-state index is 5.59. The third-order valence-corrected chi connectivity index (χ3v) is 5.12. The van der Waals surface area contributed by atoms with Gasteiger partial charge in [0.1, 0.15) is 0 Å². The molecule has 0 spiro atoms. The molecule has 0 aliphatic carbocycles. The second-order valence-corrected chi connectivity index (χ2v) is 6.80. The van der Waals surface area contributed by atoms with E-state index < -0.39 is 0 Å². The van der Waals surface area contributed by atoms with Crippen molar-refractivity contribution in [1.82, 2.24) is 5.32 Å². The predicted molar refractivity (Wildman–Crippen MR) is 83.5 cm³/mol. The monoisotopic (exact) mass is 325 g/mol. The quantitative estimate of drug-likeness (QED) is 0.908. The number of piperidine rings is 1. The van der Waals surface area contributed by atoms with Gasteiger partial charge in [-0.05, 0) is 36.6 Å². The van der Waals surface area contributed by atoms with Gasteiger partial charge in [-0.1, -0.05) is 41.9 Å². The summed E-state index contributed by atoms with van der Waals surface area (Å²) in [6.07, 6.45) is 1.18. The van der Waals surface area contributed by atoms with Crippen LogP contribution in [-0.2, 0) is 4.74 Å². The maximum absolute atomic E-state index is 5.59. The molecule has 1 saturated heterocycles. The van der Waals surface area contributed by atoms with Crippen molar-refractivity contribution in [3.63, 3.8) is 0 Å². The first-order valence-electron chi connectivity index (χ1n) is 7.05. The standard InChI is InChI=1S/C16H24BrNO/c1-12(2)16(11-19-3)7-8-18-10-15(16)13-5-4-6-14(17)9-13/h4-6,9,12,15,18H,7-8,10-11H2,1-3H3. The number of hydrogen-bond donors (Lipinski definition) is 1. The lowest BCUT2D eigenvalue weighted by molar-refractivity contribution is -0.0000165. The van der Waals surface area contributed by atoms with Crippen LogP contribution in [0.4, 0.5) is 0 Å². The van der Waals surface area contributed by atoms with E-state index in [-0.39, 0.29) is 5.41 Å². The summed E-state index contributed by atoms with van der Waals surface area (Å²) in [7, 11) is 1.82. The van der Waals surface area contributed by atoms with E-state index in [2.05, 4.69) is 59.4 Å². The lowest BCUT2D eigenvalue weighted by Gasteiger charge is -2.47. The molecule has 1 N–H and O–H groups in total. The number of methoxy groups -OCH3 is 1. The molecule has 1 aromatic rings. The summed E-state index contributed by atoms with van der Waals surface area (Å²) < 4.78 is 6.75. The van der Waals surface area contributed by atoms with Crippen LogP contribution >= 0.6 is 15.9 Å². The third-order valence-electron chi connectivity index (χ3n) is 4.62. The molecule has 0 amide bonds. The highest BCUT2D eigenvalue weighted by Gasteiger charge is 2.44. The Morgan fingerprint density at radius 2 is 2.26 bits per heavy atom. The number of hydrogen-bond acceptors (Lipinski definition) is 2. The van der Waals surface area contributed by atoms with Crippen molar-refractivity contribution in [2.45, 2.75) is 26.2 Å². The number of halogens is 1. The lowest BCUT2D eigenvalue weighted by Crippen LogP contribution is -2.49. The second-order valence-electron chi connectivity index (χ2n) is 5.88. The van der Waals surface area contributed by atoms with Crippen molar-refractivity contribution in [1.29, 1.82) is 0 Å². The lowest BCUT2D eigenvalue weighted by atomic mass is 9.62. The molecule has 1 aliphatic rings. The molecule has 2 atom stereocenters. The van der Waals surface area contributed by atoms with Gasteiger partial charge in [0.15, 0.2) is 0 Å². The molecule has 1 aromatic carbocycles. The van der Waals surface area contributed by atoms with Crippen molar-refractivity contribution >= 4 is 15.9 Å². The Hall–Kier alpha value is -0.380. The molecule has 19 heavy (non-hydrogen) atoms. The summed E-state index contributed by atoms with van der Waals surface area (Å²) in [5.41, 5.74) is 1.65. The molecule has 0 radical (unpaired) electrons. The Balaban J connectivity index is 2.38. The normalized spacial score (nSPS) is 27.7. The van der Waals surface area contributed by atoms with E-state index in [4.69, 9.17) is 4.74 Å². The summed E-state index contributed by atoms with van der Waals surface area (Å²) in [6, 6.07) is 8.72. The van der Waals surface area contributed by atoms with Gasteiger partial charge in [-0.3, -0.25) is 0 Å². The van der Waals surface area contributed by atoms with Gasteiger partial charge in [0.2, 0.25) is 0 Å². The molecule has 2 nitrogen and oxygen atoms in total. The van der Waals surface area contributed by atoms with Gasteiger partial charge in [-0.2, -0.15) is 0 Å². The summed E-state index contributed by atoms with van der Waals surface area (Å²) >= 11 is 3.59. The molecule has 0 bridgehead atoms. The molecule has 1 heterocycles.